The molecule has 0 unspecified atom stereocenters. The van der Waals surface area contributed by atoms with Crippen molar-refractivity contribution in [3.05, 3.63) is 11.1 Å². The minimum Gasteiger partial charge on any atom is -0.351 e. The van der Waals surface area contributed by atoms with Crippen molar-refractivity contribution in [2.75, 3.05) is 25.0 Å². The summed E-state index contributed by atoms with van der Waals surface area (Å²) in [5, 5.41) is 5.77. The van der Waals surface area contributed by atoms with Gasteiger partial charge in [0.1, 0.15) is 0 Å². The maximum absolute atomic E-state index is 12.1. The molecule has 0 aliphatic rings. The number of hydrogen-bond donors (Lipinski definition) is 1. The van der Waals surface area contributed by atoms with E-state index in [1.165, 1.54) is 11.3 Å². The number of nitrogens with zero attached hydrogens (tertiary/aromatic N) is 2. The van der Waals surface area contributed by atoms with E-state index in [-0.39, 0.29) is 6.54 Å². The van der Waals surface area contributed by atoms with Gasteiger partial charge < -0.3 is 10.2 Å². The summed E-state index contributed by atoms with van der Waals surface area (Å²) in [6, 6.07) is 0. The van der Waals surface area contributed by atoms with Crippen LogP contribution in [0.3, 0.4) is 0 Å². The molecule has 0 atom stereocenters. The van der Waals surface area contributed by atoms with E-state index in [4.69, 9.17) is 0 Å². The predicted molar refractivity (Wildman–Crippen MR) is 72.6 cm³/mol. The molecular weight excluding hydrogens is 275 g/mol. The van der Waals surface area contributed by atoms with Crippen LogP contribution in [0.1, 0.15) is 26.0 Å². The van der Waals surface area contributed by atoms with Crippen LogP contribution < -0.4 is 10.2 Å². The lowest BCUT2D eigenvalue weighted by molar-refractivity contribution is -0.132. The molecule has 1 rings (SSSR count). The summed E-state index contributed by atoms with van der Waals surface area (Å²) in [5.74, 6) is 0.563. The number of anilines is 1. The molecule has 1 aromatic rings. The first-order valence-electron chi connectivity index (χ1n) is 6.21. The molecule has 1 N–H and O–H groups in total. The quantitative estimate of drug-likeness (QED) is 0.837. The maximum atomic E-state index is 12.1. The van der Waals surface area contributed by atoms with Crippen LogP contribution in [0.5, 0.6) is 0 Å². The van der Waals surface area contributed by atoms with Crippen LogP contribution in [-0.4, -0.2) is 31.3 Å². The fourth-order valence-electron chi connectivity index (χ4n) is 1.43. The molecule has 0 radical (unpaired) electrons. The Morgan fingerprint density at radius 1 is 1.42 bits per heavy atom. The average molecular weight is 295 g/mol. The summed E-state index contributed by atoms with van der Waals surface area (Å²) in [6.07, 6.45) is -4.93. The third-order valence-electron chi connectivity index (χ3n) is 2.46. The first-order valence-corrected chi connectivity index (χ1v) is 7.09. The Morgan fingerprint density at radius 3 is 2.68 bits per heavy atom. The molecule has 0 fully saturated rings. The molecule has 7 heteroatoms. The van der Waals surface area contributed by atoms with Gasteiger partial charge in [0.15, 0.2) is 5.13 Å². The van der Waals surface area contributed by atoms with Gasteiger partial charge in [-0.3, -0.25) is 0 Å². The van der Waals surface area contributed by atoms with Crippen molar-refractivity contribution in [3.8, 4) is 0 Å². The van der Waals surface area contributed by atoms with Gasteiger partial charge in [-0.25, -0.2) is 4.98 Å². The van der Waals surface area contributed by atoms with Crippen molar-refractivity contribution in [3.63, 3.8) is 0 Å². The lowest BCUT2D eigenvalue weighted by atomic mass is 10.2. The number of rotatable bonds is 7. The standard InChI is InChI=1S/C12H20F3N3S/c1-9(2)6-16-7-10-8-19-11(17-10)18(3)5-4-12(13,14)15/h8-9,16H,4-7H2,1-3H3. The molecule has 0 saturated carbocycles. The Kier molecular flexibility index (Phi) is 6.06. The minimum absolute atomic E-state index is 0.0596. The van der Waals surface area contributed by atoms with Gasteiger partial charge in [0, 0.05) is 25.5 Å². The monoisotopic (exact) mass is 295 g/mol. The van der Waals surface area contributed by atoms with Crippen molar-refractivity contribution in [2.45, 2.75) is 33.0 Å². The van der Waals surface area contributed by atoms with Crippen LogP contribution in [0.4, 0.5) is 18.3 Å². The smallest absolute Gasteiger partial charge is 0.351 e. The van der Waals surface area contributed by atoms with Crippen molar-refractivity contribution in [1.29, 1.82) is 0 Å². The first kappa shape index (κ1) is 16.2. The lowest BCUT2D eigenvalue weighted by Gasteiger charge is -2.16. The molecule has 0 saturated heterocycles. The summed E-state index contributed by atoms with van der Waals surface area (Å²) in [5.41, 5.74) is 0.875. The summed E-state index contributed by atoms with van der Waals surface area (Å²) >= 11 is 1.37. The fourth-order valence-corrected chi connectivity index (χ4v) is 2.25. The van der Waals surface area contributed by atoms with Gasteiger partial charge in [-0.2, -0.15) is 13.2 Å². The van der Waals surface area contributed by atoms with E-state index in [1.54, 1.807) is 11.9 Å². The van der Waals surface area contributed by atoms with Crippen molar-refractivity contribution < 1.29 is 13.2 Å². The highest BCUT2D eigenvalue weighted by molar-refractivity contribution is 7.13. The molecule has 0 bridgehead atoms. The van der Waals surface area contributed by atoms with E-state index in [9.17, 15) is 13.2 Å². The molecule has 0 spiro atoms. The van der Waals surface area contributed by atoms with Crippen LogP contribution in [0.15, 0.2) is 5.38 Å². The number of nitrogens with one attached hydrogen (secondary N) is 1. The van der Waals surface area contributed by atoms with Crippen molar-refractivity contribution >= 4 is 16.5 Å². The van der Waals surface area contributed by atoms with Crippen LogP contribution in [-0.2, 0) is 6.54 Å². The third kappa shape index (κ3) is 6.77. The van der Waals surface area contributed by atoms with Crippen LogP contribution >= 0.6 is 11.3 Å². The van der Waals surface area contributed by atoms with Gasteiger partial charge >= 0.3 is 6.18 Å². The Morgan fingerprint density at radius 2 is 2.11 bits per heavy atom. The summed E-state index contributed by atoms with van der Waals surface area (Å²) in [6.45, 7) is 5.73. The largest absolute Gasteiger partial charge is 0.390 e. The summed E-state index contributed by atoms with van der Waals surface area (Å²) < 4.78 is 36.4. The highest BCUT2D eigenvalue weighted by Crippen LogP contribution is 2.23. The molecule has 110 valence electrons. The Bertz CT molecular complexity index is 377. The van der Waals surface area contributed by atoms with Gasteiger partial charge in [-0.15, -0.1) is 11.3 Å². The second-order valence-corrected chi connectivity index (χ2v) is 5.77. The van der Waals surface area contributed by atoms with E-state index in [0.29, 0.717) is 17.6 Å². The molecule has 3 nitrogen and oxygen atoms in total. The number of alkyl halides is 3. The third-order valence-corrected chi connectivity index (χ3v) is 3.46. The number of halogens is 3. The Labute approximate surface area is 115 Å². The highest BCUT2D eigenvalue weighted by atomic mass is 32.1. The number of hydrogen-bond acceptors (Lipinski definition) is 4. The van der Waals surface area contributed by atoms with E-state index in [2.05, 4.69) is 24.1 Å². The second-order valence-electron chi connectivity index (χ2n) is 4.93. The fraction of sp³-hybridized carbons (Fsp3) is 0.750. The van der Waals surface area contributed by atoms with Crippen LogP contribution in [0, 0.1) is 5.92 Å². The minimum atomic E-state index is -4.12. The first-order chi connectivity index (χ1) is 8.78. The molecule has 0 aromatic carbocycles. The van der Waals surface area contributed by atoms with E-state index >= 15 is 0 Å². The van der Waals surface area contributed by atoms with Crippen LogP contribution in [0.25, 0.3) is 0 Å². The number of thiazole rings is 1. The molecule has 0 aliphatic heterocycles. The van der Waals surface area contributed by atoms with Gasteiger partial charge in [0.2, 0.25) is 0 Å². The zero-order chi connectivity index (χ0) is 14.5. The summed E-state index contributed by atoms with van der Waals surface area (Å²) in [7, 11) is 1.63. The van der Waals surface area contributed by atoms with Crippen molar-refractivity contribution in [1.82, 2.24) is 10.3 Å². The molecule has 1 heterocycles. The summed E-state index contributed by atoms with van der Waals surface area (Å²) in [4.78, 5) is 5.87. The Balaban J connectivity index is 2.40. The second kappa shape index (κ2) is 7.09. The SMILES string of the molecule is CC(C)CNCc1csc(N(C)CCC(F)(F)F)n1. The highest BCUT2D eigenvalue weighted by Gasteiger charge is 2.27. The topological polar surface area (TPSA) is 28.2 Å². The number of aromatic nitrogens is 1. The van der Waals surface area contributed by atoms with Gasteiger partial charge in [0.05, 0.1) is 12.1 Å². The van der Waals surface area contributed by atoms with E-state index in [1.807, 2.05) is 5.38 Å². The van der Waals surface area contributed by atoms with Gasteiger partial charge in [-0.05, 0) is 12.5 Å². The molecule has 1 aromatic heterocycles. The maximum Gasteiger partial charge on any atom is 0.390 e. The Hall–Kier alpha value is -0.820. The average Bonchev–Trinajstić information content (AvgIpc) is 2.73. The zero-order valence-electron chi connectivity index (χ0n) is 11.4. The van der Waals surface area contributed by atoms with Gasteiger partial charge in [0.25, 0.3) is 0 Å². The van der Waals surface area contributed by atoms with E-state index < -0.39 is 12.6 Å². The molecule has 0 amide bonds. The predicted octanol–water partition coefficient (Wildman–Crippen LogP) is 3.28. The molecule has 0 aliphatic carbocycles. The molecular formula is C12H20F3N3S. The lowest BCUT2D eigenvalue weighted by Crippen LogP contribution is -2.24. The van der Waals surface area contributed by atoms with Gasteiger partial charge in [-0.1, -0.05) is 13.8 Å². The van der Waals surface area contributed by atoms with Crippen LogP contribution in [0.2, 0.25) is 0 Å². The zero-order valence-corrected chi connectivity index (χ0v) is 12.2. The van der Waals surface area contributed by atoms with Crippen molar-refractivity contribution in [2.24, 2.45) is 5.92 Å². The van der Waals surface area contributed by atoms with E-state index in [0.717, 1.165) is 12.2 Å². The molecule has 19 heavy (non-hydrogen) atoms. The normalized spacial score (nSPS) is 12.2.